The smallest absolute Gasteiger partial charge is 0.302 e. The predicted molar refractivity (Wildman–Crippen MR) is 108 cm³/mol. The lowest BCUT2D eigenvalue weighted by Crippen LogP contribution is -2.55. The minimum atomic E-state index is -0.162. The number of esters is 1. The molecule has 0 bridgehead atoms. The van der Waals surface area contributed by atoms with Gasteiger partial charge in [-0.2, -0.15) is 0 Å². The summed E-state index contributed by atoms with van der Waals surface area (Å²) in [6.07, 6.45) is 9.92. The summed E-state index contributed by atoms with van der Waals surface area (Å²) in [5, 5.41) is 0. The zero-order chi connectivity index (χ0) is 20.6. The molecule has 5 nitrogen and oxygen atoms in total. The van der Waals surface area contributed by atoms with Crippen LogP contribution >= 0.6 is 0 Å². The number of fused-ring (bicyclic) bond motifs is 5. The van der Waals surface area contributed by atoms with Gasteiger partial charge in [-0.3, -0.25) is 14.4 Å². The van der Waals surface area contributed by atoms with E-state index in [1.807, 2.05) is 11.0 Å². The highest BCUT2D eigenvalue weighted by atomic mass is 16.5. The Morgan fingerprint density at radius 3 is 2.55 bits per heavy atom. The third kappa shape index (κ3) is 2.68. The zero-order valence-electron chi connectivity index (χ0n) is 17.9. The molecular formula is C24H33NO4. The van der Waals surface area contributed by atoms with E-state index in [1.54, 1.807) is 6.92 Å². The van der Waals surface area contributed by atoms with E-state index < -0.39 is 0 Å². The van der Waals surface area contributed by atoms with Gasteiger partial charge in [0.2, 0.25) is 5.91 Å². The van der Waals surface area contributed by atoms with Gasteiger partial charge >= 0.3 is 5.97 Å². The molecule has 1 saturated heterocycles. The van der Waals surface area contributed by atoms with Crippen LogP contribution in [0.4, 0.5) is 0 Å². The van der Waals surface area contributed by atoms with Gasteiger partial charge in [-0.05, 0) is 68.8 Å². The van der Waals surface area contributed by atoms with Crippen molar-refractivity contribution >= 4 is 17.7 Å². The van der Waals surface area contributed by atoms with E-state index in [0.29, 0.717) is 24.2 Å². The van der Waals surface area contributed by atoms with Gasteiger partial charge in [0.15, 0.2) is 5.78 Å². The Morgan fingerprint density at radius 2 is 1.86 bits per heavy atom. The molecule has 0 N–H and O–H groups in total. The molecule has 29 heavy (non-hydrogen) atoms. The van der Waals surface area contributed by atoms with Crippen molar-refractivity contribution in [3.05, 3.63) is 11.6 Å². The monoisotopic (exact) mass is 399 g/mol. The highest BCUT2D eigenvalue weighted by molar-refractivity contribution is 5.92. The summed E-state index contributed by atoms with van der Waals surface area (Å²) in [7, 11) is 0. The first-order valence-electron chi connectivity index (χ1n) is 11.5. The Hall–Kier alpha value is -1.65. The highest BCUT2D eigenvalue weighted by Gasteiger charge is 2.66. The van der Waals surface area contributed by atoms with Crippen LogP contribution in [-0.2, 0) is 19.1 Å². The molecule has 1 aliphatic heterocycles. The molecule has 0 aromatic rings. The molecule has 5 rings (SSSR count). The molecule has 0 aromatic carbocycles. The van der Waals surface area contributed by atoms with Gasteiger partial charge in [-0.25, -0.2) is 0 Å². The number of hydrogen-bond acceptors (Lipinski definition) is 4. The first-order valence-corrected chi connectivity index (χ1v) is 11.5. The molecule has 158 valence electrons. The number of carbonyl (C=O) groups is 3. The average Bonchev–Trinajstić information content (AvgIpc) is 3.41. The van der Waals surface area contributed by atoms with Gasteiger partial charge in [-0.1, -0.05) is 12.5 Å². The van der Waals surface area contributed by atoms with Crippen molar-refractivity contribution < 1.29 is 19.1 Å². The van der Waals surface area contributed by atoms with E-state index in [-0.39, 0.29) is 40.6 Å². The maximum atomic E-state index is 12.3. The van der Waals surface area contributed by atoms with Crippen LogP contribution in [0, 0.1) is 28.6 Å². The third-order valence-electron chi connectivity index (χ3n) is 9.40. The summed E-state index contributed by atoms with van der Waals surface area (Å²) in [6, 6.07) is 0.280. The van der Waals surface area contributed by atoms with E-state index in [9.17, 15) is 14.4 Å². The minimum absolute atomic E-state index is 0.00332. The van der Waals surface area contributed by atoms with Gasteiger partial charge in [-0.15, -0.1) is 0 Å². The molecule has 5 heteroatoms. The lowest BCUT2D eigenvalue weighted by Gasteiger charge is -2.59. The Kier molecular flexibility index (Phi) is 4.28. The van der Waals surface area contributed by atoms with Crippen LogP contribution in [0.15, 0.2) is 11.6 Å². The molecule has 3 saturated carbocycles. The first kappa shape index (κ1) is 19.3. The zero-order valence-corrected chi connectivity index (χ0v) is 17.9. The highest BCUT2D eigenvalue weighted by Crippen LogP contribution is 2.68. The van der Waals surface area contributed by atoms with E-state index in [4.69, 9.17) is 4.74 Å². The number of ether oxygens (including phenoxy) is 1. The van der Waals surface area contributed by atoms with Gasteiger partial charge < -0.3 is 9.64 Å². The summed E-state index contributed by atoms with van der Waals surface area (Å²) in [5.41, 5.74) is 1.41. The van der Waals surface area contributed by atoms with Crippen molar-refractivity contribution in [3.63, 3.8) is 0 Å². The second kappa shape index (κ2) is 6.42. The second-order valence-corrected chi connectivity index (χ2v) is 10.5. The Morgan fingerprint density at radius 1 is 1.07 bits per heavy atom. The standard InChI is InChI=1S/C24H33NO4/c1-14(26)25-13-21(25)24-11-8-17(28)12-16(24)4-5-18-19-6-7-22(29-15(2)27)23(19,3)10-9-20(18)24/h12,18-22H,4-11,13H2,1-3H3/t18-,19-,20-,21-,22-,23-,24+,25?/m0/s1. The van der Waals surface area contributed by atoms with Crippen molar-refractivity contribution in [3.8, 4) is 0 Å². The number of hydrogen-bond donors (Lipinski definition) is 0. The Labute approximate surface area is 173 Å². The maximum absolute atomic E-state index is 12.3. The lowest BCUT2D eigenvalue weighted by atomic mass is 9.46. The van der Waals surface area contributed by atoms with Crippen LogP contribution < -0.4 is 0 Å². The molecule has 5 aliphatic rings. The van der Waals surface area contributed by atoms with Crippen molar-refractivity contribution in [1.29, 1.82) is 0 Å². The SMILES string of the molecule is CC(=O)O[C@H]1CC[C@H]2[C@@H]3CCC4=CC(=O)CC[C@]4([C@@H]4CN4C(C)=O)[C@H]3CC[C@]12C. The summed E-state index contributed by atoms with van der Waals surface area (Å²) < 4.78 is 5.77. The van der Waals surface area contributed by atoms with Gasteiger partial charge in [0.05, 0.1) is 6.04 Å². The fraction of sp³-hybridized carbons (Fsp3) is 0.792. The van der Waals surface area contributed by atoms with Crippen LogP contribution in [-0.4, -0.2) is 41.3 Å². The molecule has 0 radical (unpaired) electrons. The fourth-order valence-corrected chi connectivity index (χ4v) is 8.17. The van der Waals surface area contributed by atoms with E-state index in [2.05, 4.69) is 6.92 Å². The number of amides is 1. The fourth-order valence-electron chi connectivity index (χ4n) is 8.17. The summed E-state index contributed by atoms with van der Waals surface area (Å²) in [4.78, 5) is 38.1. The average molecular weight is 400 g/mol. The van der Waals surface area contributed by atoms with Crippen LogP contribution in [0.25, 0.3) is 0 Å². The number of carbonyl (C=O) groups excluding carboxylic acids is 3. The van der Waals surface area contributed by atoms with Crippen LogP contribution in [0.5, 0.6) is 0 Å². The van der Waals surface area contributed by atoms with Crippen molar-refractivity contribution in [2.24, 2.45) is 28.6 Å². The molecule has 0 aromatic heterocycles. The molecule has 0 spiro atoms. The number of nitrogens with zero attached hydrogens (tertiary/aromatic N) is 1. The van der Waals surface area contributed by atoms with Crippen LogP contribution in [0.3, 0.4) is 0 Å². The maximum Gasteiger partial charge on any atom is 0.302 e. The van der Waals surface area contributed by atoms with Crippen molar-refractivity contribution in [1.82, 2.24) is 4.90 Å². The molecule has 7 atom stereocenters. The van der Waals surface area contributed by atoms with Gasteiger partial charge in [0.25, 0.3) is 0 Å². The van der Waals surface area contributed by atoms with E-state index in [0.717, 1.165) is 51.5 Å². The minimum Gasteiger partial charge on any atom is -0.462 e. The van der Waals surface area contributed by atoms with Gasteiger partial charge in [0, 0.05) is 37.6 Å². The Balaban J connectivity index is 1.50. The molecule has 4 aliphatic carbocycles. The molecular weight excluding hydrogens is 366 g/mol. The number of ketones is 1. The van der Waals surface area contributed by atoms with Crippen LogP contribution in [0.1, 0.15) is 72.1 Å². The quantitative estimate of drug-likeness (QED) is 0.525. The van der Waals surface area contributed by atoms with E-state index >= 15 is 0 Å². The largest absolute Gasteiger partial charge is 0.462 e. The molecule has 1 heterocycles. The van der Waals surface area contributed by atoms with E-state index in [1.165, 1.54) is 12.5 Å². The van der Waals surface area contributed by atoms with Crippen LogP contribution in [0.2, 0.25) is 0 Å². The first-order chi connectivity index (χ1) is 13.8. The predicted octanol–water partition coefficient (Wildman–Crippen LogP) is 3.66. The van der Waals surface area contributed by atoms with Gasteiger partial charge in [0.1, 0.15) is 6.10 Å². The van der Waals surface area contributed by atoms with Crippen molar-refractivity contribution in [2.75, 3.05) is 6.54 Å². The Bertz CT molecular complexity index is 803. The molecule has 4 fully saturated rings. The molecule has 1 amide bonds. The molecule has 0 unspecified atom stereocenters. The lowest BCUT2D eigenvalue weighted by molar-refractivity contribution is -0.157. The summed E-state index contributed by atoms with van der Waals surface area (Å²) in [6.45, 7) is 6.39. The normalized spacial score (nSPS) is 45.6. The topological polar surface area (TPSA) is 63.5 Å². The summed E-state index contributed by atoms with van der Waals surface area (Å²) >= 11 is 0. The third-order valence-corrected chi connectivity index (χ3v) is 9.40. The van der Waals surface area contributed by atoms with Crippen molar-refractivity contribution in [2.45, 2.75) is 84.3 Å². The summed E-state index contributed by atoms with van der Waals surface area (Å²) in [5.74, 6) is 1.99. The second-order valence-electron chi connectivity index (χ2n) is 10.5. The number of rotatable bonds is 2.